The van der Waals surface area contributed by atoms with Gasteiger partial charge in [0.1, 0.15) is 0 Å². The fourth-order valence-electron chi connectivity index (χ4n) is 1.35. The molecule has 14 heavy (non-hydrogen) atoms. The zero-order valence-electron chi connectivity index (χ0n) is 9.21. The van der Waals surface area contributed by atoms with Crippen LogP contribution in [0.15, 0.2) is 5.16 Å². The molecule has 1 aromatic rings. The first-order valence-electron chi connectivity index (χ1n) is 5.07. The van der Waals surface area contributed by atoms with Crippen LogP contribution in [0, 0.1) is 13.8 Å². The third kappa shape index (κ3) is 2.51. The summed E-state index contributed by atoms with van der Waals surface area (Å²) in [7, 11) is 0. The number of thioether (sulfide) groups is 1. The van der Waals surface area contributed by atoms with Gasteiger partial charge >= 0.3 is 0 Å². The molecule has 0 aliphatic heterocycles. The zero-order chi connectivity index (χ0) is 10.6. The molecule has 0 amide bonds. The number of rotatable bonds is 5. The Labute approximate surface area is 90.1 Å². The first-order chi connectivity index (χ1) is 6.70. The van der Waals surface area contributed by atoms with Crippen LogP contribution in [-0.2, 0) is 6.54 Å². The van der Waals surface area contributed by atoms with E-state index in [9.17, 15) is 0 Å². The average molecular weight is 213 g/mol. The Kier molecular flexibility index (Phi) is 4.48. The Bertz CT molecular complexity index is 294. The maximum Gasteiger partial charge on any atom is 0.168 e. The Morgan fingerprint density at radius 2 is 2.14 bits per heavy atom. The van der Waals surface area contributed by atoms with Crippen molar-refractivity contribution in [1.82, 2.24) is 9.55 Å². The molecule has 0 atom stereocenters. The topological polar surface area (TPSA) is 43.8 Å². The highest BCUT2D eigenvalue weighted by atomic mass is 32.2. The summed E-state index contributed by atoms with van der Waals surface area (Å²) in [5, 5.41) is 1.14. The molecule has 0 fully saturated rings. The minimum atomic E-state index is 0.762. The molecule has 80 valence electrons. The quantitative estimate of drug-likeness (QED) is 0.600. The number of imidazole rings is 1. The molecular weight excluding hydrogens is 194 g/mol. The van der Waals surface area contributed by atoms with E-state index in [4.69, 9.17) is 5.73 Å². The van der Waals surface area contributed by atoms with Crippen LogP contribution in [0.3, 0.4) is 0 Å². The summed E-state index contributed by atoms with van der Waals surface area (Å²) in [6.07, 6.45) is 1.05. The van der Waals surface area contributed by atoms with E-state index in [0.29, 0.717) is 0 Å². The second-order valence-corrected chi connectivity index (χ2v) is 4.36. The van der Waals surface area contributed by atoms with E-state index < -0.39 is 0 Å². The van der Waals surface area contributed by atoms with E-state index in [1.165, 1.54) is 5.69 Å². The van der Waals surface area contributed by atoms with Crippen molar-refractivity contribution in [2.45, 2.75) is 38.9 Å². The van der Waals surface area contributed by atoms with Gasteiger partial charge in [0, 0.05) is 18.0 Å². The molecular formula is C10H19N3S. The van der Waals surface area contributed by atoms with Crippen molar-refractivity contribution >= 4 is 11.8 Å². The molecule has 1 heterocycles. The number of aromatic nitrogens is 2. The first kappa shape index (κ1) is 11.6. The van der Waals surface area contributed by atoms with Crippen LogP contribution in [0.2, 0.25) is 0 Å². The lowest BCUT2D eigenvalue weighted by atomic mass is 10.4. The molecule has 3 nitrogen and oxygen atoms in total. The molecule has 0 aromatic carbocycles. The van der Waals surface area contributed by atoms with Crippen LogP contribution in [0.4, 0.5) is 0 Å². The smallest absolute Gasteiger partial charge is 0.168 e. The van der Waals surface area contributed by atoms with Gasteiger partial charge in [-0.05, 0) is 33.7 Å². The van der Waals surface area contributed by atoms with Crippen LogP contribution >= 0.6 is 11.8 Å². The highest BCUT2D eigenvalue weighted by Crippen LogP contribution is 2.21. The van der Waals surface area contributed by atoms with E-state index in [1.807, 2.05) is 0 Å². The summed E-state index contributed by atoms with van der Waals surface area (Å²) in [5.74, 6) is 1.06. The van der Waals surface area contributed by atoms with E-state index in [1.54, 1.807) is 11.8 Å². The molecule has 0 aliphatic carbocycles. The highest BCUT2D eigenvalue weighted by molar-refractivity contribution is 7.99. The molecule has 0 bridgehead atoms. The summed E-state index contributed by atoms with van der Waals surface area (Å²) in [6.45, 7) is 8.10. The van der Waals surface area contributed by atoms with Gasteiger partial charge < -0.3 is 10.3 Å². The van der Waals surface area contributed by atoms with Crippen molar-refractivity contribution in [3.63, 3.8) is 0 Å². The number of hydrogen-bond donors (Lipinski definition) is 1. The van der Waals surface area contributed by atoms with E-state index >= 15 is 0 Å². The molecule has 0 unspecified atom stereocenters. The molecule has 0 saturated heterocycles. The van der Waals surface area contributed by atoms with E-state index in [0.717, 1.165) is 36.1 Å². The van der Waals surface area contributed by atoms with Crippen molar-refractivity contribution in [1.29, 1.82) is 0 Å². The van der Waals surface area contributed by atoms with Crippen molar-refractivity contribution in [2.24, 2.45) is 5.73 Å². The molecule has 0 spiro atoms. The SMILES string of the molecule is CCn1c(SCCCN)nc(C)c1C. The first-order valence-corrected chi connectivity index (χ1v) is 6.05. The number of nitrogens with zero attached hydrogens (tertiary/aromatic N) is 2. The molecule has 0 radical (unpaired) electrons. The van der Waals surface area contributed by atoms with Crippen LogP contribution < -0.4 is 5.73 Å². The van der Waals surface area contributed by atoms with Crippen LogP contribution in [-0.4, -0.2) is 21.8 Å². The van der Waals surface area contributed by atoms with Gasteiger partial charge in [0.25, 0.3) is 0 Å². The van der Waals surface area contributed by atoms with Crippen molar-refractivity contribution < 1.29 is 0 Å². The molecule has 1 aromatic heterocycles. The fourth-order valence-corrected chi connectivity index (χ4v) is 2.47. The number of aryl methyl sites for hydroxylation is 1. The number of hydrogen-bond acceptors (Lipinski definition) is 3. The predicted molar refractivity (Wildman–Crippen MR) is 61.8 cm³/mol. The van der Waals surface area contributed by atoms with Crippen molar-refractivity contribution in [3.05, 3.63) is 11.4 Å². The third-order valence-electron chi connectivity index (χ3n) is 2.32. The fraction of sp³-hybridized carbons (Fsp3) is 0.700. The largest absolute Gasteiger partial charge is 0.330 e. The second kappa shape index (κ2) is 5.41. The van der Waals surface area contributed by atoms with Gasteiger partial charge in [-0.1, -0.05) is 11.8 Å². The van der Waals surface area contributed by atoms with Gasteiger partial charge in [0.2, 0.25) is 0 Å². The van der Waals surface area contributed by atoms with Crippen LogP contribution in [0.25, 0.3) is 0 Å². The summed E-state index contributed by atoms with van der Waals surface area (Å²) in [4.78, 5) is 4.54. The van der Waals surface area contributed by atoms with Crippen molar-refractivity contribution in [2.75, 3.05) is 12.3 Å². The molecule has 1 rings (SSSR count). The third-order valence-corrected chi connectivity index (χ3v) is 3.38. The molecule has 0 saturated carbocycles. The van der Waals surface area contributed by atoms with Gasteiger partial charge in [-0.2, -0.15) is 0 Å². The zero-order valence-corrected chi connectivity index (χ0v) is 10.0. The van der Waals surface area contributed by atoms with Crippen LogP contribution in [0.5, 0.6) is 0 Å². The monoisotopic (exact) mass is 213 g/mol. The lowest BCUT2D eigenvalue weighted by molar-refractivity contribution is 0.662. The molecule has 4 heteroatoms. The maximum atomic E-state index is 5.46. The maximum absolute atomic E-state index is 5.46. The Morgan fingerprint density at radius 1 is 1.43 bits per heavy atom. The Morgan fingerprint density at radius 3 is 2.71 bits per heavy atom. The Hall–Kier alpha value is -0.480. The minimum Gasteiger partial charge on any atom is -0.330 e. The standard InChI is InChI=1S/C10H19N3S/c1-4-13-9(3)8(2)12-10(13)14-7-5-6-11/h4-7,11H2,1-3H3. The number of nitrogens with two attached hydrogens (primary N) is 1. The van der Waals surface area contributed by atoms with E-state index in [-0.39, 0.29) is 0 Å². The summed E-state index contributed by atoms with van der Waals surface area (Å²) in [5.41, 5.74) is 7.88. The van der Waals surface area contributed by atoms with Gasteiger partial charge in [-0.15, -0.1) is 0 Å². The summed E-state index contributed by atoms with van der Waals surface area (Å²) >= 11 is 1.80. The molecule has 2 N–H and O–H groups in total. The highest BCUT2D eigenvalue weighted by Gasteiger charge is 2.08. The van der Waals surface area contributed by atoms with Gasteiger partial charge in [-0.3, -0.25) is 0 Å². The normalized spacial score (nSPS) is 10.9. The van der Waals surface area contributed by atoms with Crippen molar-refractivity contribution in [3.8, 4) is 0 Å². The predicted octanol–water partition coefficient (Wildman–Crippen LogP) is 1.96. The summed E-state index contributed by atoms with van der Waals surface area (Å²) < 4.78 is 2.26. The van der Waals surface area contributed by atoms with Gasteiger partial charge in [0.05, 0.1) is 5.69 Å². The Balaban J connectivity index is 2.70. The van der Waals surface area contributed by atoms with Gasteiger partial charge in [-0.25, -0.2) is 4.98 Å². The average Bonchev–Trinajstić information content (AvgIpc) is 2.43. The minimum absolute atomic E-state index is 0.762. The lowest BCUT2D eigenvalue weighted by Gasteiger charge is -2.05. The molecule has 0 aliphatic rings. The van der Waals surface area contributed by atoms with Crippen LogP contribution in [0.1, 0.15) is 24.7 Å². The summed E-state index contributed by atoms with van der Waals surface area (Å²) in [6, 6.07) is 0. The van der Waals surface area contributed by atoms with Gasteiger partial charge in [0.15, 0.2) is 5.16 Å². The lowest BCUT2D eigenvalue weighted by Crippen LogP contribution is -2.02. The van der Waals surface area contributed by atoms with E-state index in [2.05, 4.69) is 30.3 Å². The second-order valence-electron chi connectivity index (χ2n) is 3.30.